The number of nitrogens with zero attached hydrogens (tertiary/aromatic N) is 4. The minimum absolute atomic E-state index is 0.0743. The van der Waals surface area contributed by atoms with E-state index in [2.05, 4.69) is 20.8 Å². The van der Waals surface area contributed by atoms with Gasteiger partial charge in [0.05, 0.1) is 30.2 Å². The quantitative estimate of drug-likeness (QED) is 0.356. The number of alkyl halides is 3. The number of carbonyl (C=O) groups excluding carboxylic acids is 1. The lowest BCUT2D eigenvalue weighted by Crippen LogP contribution is -2.17. The number of thiophene rings is 1. The molecule has 1 N–H and O–H groups in total. The van der Waals surface area contributed by atoms with E-state index in [1.165, 1.54) is 13.2 Å². The van der Waals surface area contributed by atoms with Crippen LogP contribution in [-0.2, 0) is 22.3 Å². The highest BCUT2D eigenvalue weighted by molar-refractivity contribution is 7.99. The van der Waals surface area contributed by atoms with E-state index >= 15 is 0 Å². The molecule has 13 heteroatoms. The van der Waals surface area contributed by atoms with Crippen LogP contribution in [0.5, 0.6) is 5.75 Å². The van der Waals surface area contributed by atoms with Crippen LogP contribution >= 0.6 is 23.1 Å². The Labute approximate surface area is 183 Å². The number of rotatable bonds is 10. The van der Waals surface area contributed by atoms with Crippen LogP contribution in [0.2, 0.25) is 0 Å². The molecular weight excluding hydrogens is 455 g/mol. The number of anilines is 1. The summed E-state index contributed by atoms with van der Waals surface area (Å²) in [6.45, 7) is 0.827. The van der Waals surface area contributed by atoms with Crippen LogP contribution in [0, 0.1) is 0 Å². The highest BCUT2D eigenvalue weighted by Crippen LogP contribution is 2.35. The van der Waals surface area contributed by atoms with Crippen molar-refractivity contribution >= 4 is 34.7 Å². The number of hydrogen-bond donors (Lipinski definition) is 1. The van der Waals surface area contributed by atoms with Crippen LogP contribution in [-0.4, -0.2) is 52.2 Å². The zero-order chi connectivity index (χ0) is 22.3. The fourth-order valence-electron chi connectivity index (χ4n) is 2.43. The minimum atomic E-state index is -4.55. The van der Waals surface area contributed by atoms with Crippen molar-refractivity contribution in [1.29, 1.82) is 0 Å². The van der Waals surface area contributed by atoms with Crippen molar-refractivity contribution in [3.63, 3.8) is 0 Å². The maximum atomic E-state index is 13.1. The first kappa shape index (κ1) is 23.0. The summed E-state index contributed by atoms with van der Waals surface area (Å²) in [5, 5.41) is 16.2. The molecule has 3 rings (SSSR count). The SMILES string of the molecule is COCCOc1ccc(C(F)(F)F)cc1NC(=O)CSc1nnnn1Cc1cccs1. The lowest BCUT2D eigenvalue weighted by Gasteiger charge is -2.15. The monoisotopic (exact) mass is 473 g/mol. The van der Waals surface area contributed by atoms with E-state index in [0.717, 1.165) is 28.8 Å². The third-order valence-electron chi connectivity index (χ3n) is 3.84. The van der Waals surface area contributed by atoms with Gasteiger partial charge in [0, 0.05) is 12.0 Å². The second kappa shape index (κ2) is 10.6. The molecule has 0 saturated carbocycles. The number of ether oxygens (including phenoxy) is 2. The van der Waals surface area contributed by atoms with Crippen molar-refractivity contribution in [2.45, 2.75) is 17.9 Å². The zero-order valence-corrected chi connectivity index (χ0v) is 17.9. The summed E-state index contributed by atoms with van der Waals surface area (Å²) in [5.41, 5.74) is -0.968. The first-order valence-electron chi connectivity index (χ1n) is 8.91. The van der Waals surface area contributed by atoms with Crippen LogP contribution in [0.15, 0.2) is 40.9 Å². The van der Waals surface area contributed by atoms with Crippen LogP contribution in [0.3, 0.4) is 0 Å². The van der Waals surface area contributed by atoms with Gasteiger partial charge >= 0.3 is 6.18 Å². The molecule has 166 valence electrons. The maximum absolute atomic E-state index is 13.1. The fraction of sp³-hybridized carbons (Fsp3) is 0.333. The van der Waals surface area contributed by atoms with E-state index in [1.54, 1.807) is 16.0 Å². The summed E-state index contributed by atoms with van der Waals surface area (Å²) in [6, 6.07) is 6.75. The third kappa shape index (κ3) is 6.67. The molecule has 0 saturated heterocycles. The summed E-state index contributed by atoms with van der Waals surface area (Å²) < 4.78 is 51.1. The lowest BCUT2D eigenvalue weighted by atomic mass is 10.1. The Morgan fingerprint density at radius 1 is 1.29 bits per heavy atom. The highest BCUT2D eigenvalue weighted by atomic mass is 32.2. The largest absolute Gasteiger partial charge is 0.489 e. The fourth-order valence-corrected chi connectivity index (χ4v) is 3.79. The Balaban J connectivity index is 1.66. The number of amides is 1. The van der Waals surface area contributed by atoms with E-state index in [-0.39, 0.29) is 30.4 Å². The van der Waals surface area contributed by atoms with Crippen LogP contribution < -0.4 is 10.1 Å². The molecule has 0 aliphatic carbocycles. The van der Waals surface area contributed by atoms with Gasteiger partial charge in [0.25, 0.3) is 0 Å². The molecule has 1 amide bonds. The van der Waals surface area contributed by atoms with Crippen molar-refractivity contribution in [1.82, 2.24) is 20.2 Å². The number of methoxy groups -OCH3 is 1. The minimum Gasteiger partial charge on any atom is -0.489 e. The number of nitrogens with one attached hydrogen (secondary N) is 1. The van der Waals surface area contributed by atoms with Crippen molar-refractivity contribution in [2.75, 3.05) is 31.4 Å². The molecule has 0 bridgehead atoms. The molecule has 31 heavy (non-hydrogen) atoms. The number of halogens is 3. The van der Waals surface area contributed by atoms with Crippen molar-refractivity contribution < 1.29 is 27.4 Å². The first-order valence-corrected chi connectivity index (χ1v) is 10.8. The Morgan fingerprint density at radius 3 is 2.84 bits per heavy atom. The molecule has 0 spiro atoms. The standard InChI is InChI=1S/C18H18F3N5O3S2/c1-28-6-7-29-15-5-4-12(18(19,20)21)9-14(15)22-16(27)11-31-17-23-24-25-26(17)10-13-3-2-8-30-13/h2-5,8-9H,6-7,10-11H2,1H3,(H,22,27). The van der Waals surface area contributed by atoms with Gasteiger partial charge in [-0.1, -0.05) is 17.8 Å². The Morgan fingerprint density at radius 2 is 2.13 bits per heavy atom. The van der Waals surface area contributed by atoms with E-state index in [9.17, 15) is 18.0 Å². The molecule has 0 aliphatic rings. The van der Waals surface area contributed by atoms with Crippen LogP contribution in [0.25, 0.3) is 0 Å². The molecule has 8 nitrogen and oxygen atoms in total. The van der Waals surface area contributed by atoms with Gasteiger partial charge in [-0.05, 0) is 40.1 Å². The summed E-state index contributed by atoms with van der Waals surface area (Å²) in [5.74, 6) is -0.504. The smallest absolute Gasteiger partial charge is 0.416 e. The number of thioether (sulfide) groups is 1. The van der Waals surface area contributed by atoms with Gasteiger partial charge in [-0.15, -0.1) is 16.4 Å². The second-order valence-corrected chi connectivity index (χ2v) is 8.06. The van der Waals surface area contributed by atoms with E-state index in [4.69, 9.17) is 9.47 Å². The maximum Gasteiger partial charge on any atom is 0.416 e. The van der Waals surface area contributed by atoms with E-state index < -0.39 is 17.6 Å². The number of carbonyl (C=O) groups is 1. The van der Waals surface area contributed by atoms with Gasteiger partial charge in [-0.25, -0.2) is 4.68 Å². The zero-order valence-electron chi connectivity index (χ0n) is 16.3. The summed E-state index contributed by atoms with van der Waals surface area (Å²) in [6.07, 6.45) is -4.55. The number of aromatic nitrogens is 4. The Bertz CT molecular complexity index is 996. The molecule has 0 atom stereocenters. The normalized spacial score (nSPS) is 11.5. The molecule has 3 aromatic rings. The van der Waals surface area contributed by atoms with Crippen molar-refractivity contribution in [2.24, 2.45) is 0 Å². The summed E-state index contributed by atoms with van der Waals surface area (Å²) in [4.78, 5) is 13.5. The third-order valence-corrected chi connectivity index (χ3v) is 5.66. The summed E-state index contributed by atoms with van der Waals surface area (Å²) in [7, 11) is 1.47. The Kier molecular flexibility index (Phi) is 7.87. The molecule has 0 radical (unpaired) electrons. The van der Waals surface area contributed by atoms with Gasteiger partial charge in [0.2, 0.25) is 11.1 Å². The highest BCUT2D eigenvalue weighted by Gasteiger charge is 2.31. The van der Waals surface area contributed by atoms with Gasteiger partial charge in [0.15, 0.2) is 0 Å². The molecule has 2 aromatic heterocycles. The number of hydrogen-bond acceptors (Lipinski definition) is 8. The molecule has 1 aromatic carbocycles. The van der Waals surface area contributed by atoms with Gasteiger partial charge in [-0.3, -0.25) is 4.79 Å². The first-order chi connectivity index (χ1) is 14.9. The molecule has 0 aliphatic heterocycles. The van der Waals surface area contributed by atoms with Crippen LogP contribution in [0.1, 0.15) is 10.4 Å². The van der Waals surface area contributed by atoms with Gasteiger partial charge < -0.3 is 14.8 Å². The molecule has 2 heterocycles. The summed E-state index contributed by atoms with van der Waals surface area (Å²) >= 11 is 2.63. The van der Waals surface area contributed by atoms with Crippen molar-refractivity contribution in [3.05, 3.63) is 46.2 Å². The van der Waals surface area contributed by atoms with E-state index in [1.807, 2.05) is 17.5 Å². The van der Waals surface area contributed by atoms with Gasteiger partial charge in [0.1, 0.15) is 12.4 Å². The predicted octanol–water partition coefficient (Wildman–Crippen LogP) is 3.56. The lowest BCUT2D eigenvalue weighted by molar-refractivity contribution is -0.137. The molecular formula is C18H18F3N5O3S2. The Hall–Kier alpha value is -2.64. The van der Waals surface area contributed by atoms with Gasteiger partial charge in [-0.2, -0.15) is 13.2 Å². The molecule has 0 fully saturated rings. The van der Waals surface area contributed by atoms with Crippen LogP contribution in [0.4, 0.5) is 18.9 Å². The van der Waals surface area contributed by atoms with E-state index in [0.29, 0.717) is 11.7 Å². The van der Waals surface area contributed by atoms with Crippen molar-refractivity contribution in [3.8, 4) is 5.75 Å². The number of benzene rings is 1. The average Bonchev–Trinajstić information content (AvgIpc) is 3.39. The molecule has 0 unspecified atom stereocenters. The second-order valence-electron chi connectivity index (χ2n) is 6.09. The predicted molar refractivity (Wildman–Crippen MR) is 109 cm³/mol. The average molecular weight is 474 g/mol. The topological polar surface area (TPSA) is 91.2 Å². The number of tetrazole rings is 1.